The summed E-state index contributed by atoms with van der Waals surface area (Å²) in [5.41, 5.74) is 5.85. The van der Waals surface area contributed by atoms with Crippen molar-refractivity contribution in [1.82, 2.24) is 9.55 Å². The van der Waals surface area contributed by atoms with Gasteiger partial charge in [0.1, 0.15) is 0 Å². The lowest BCUT2D eigenvalue weighted by Gasteiger charge is -2.01. The Bertz CT molecular complexity index is 589. The molecule has 4 rings (SSSR count). The summed E-state index contributed by atoms with van der Waals surface area (Å²) >= 11 is 0. The molecule has 0 aromatic carbocycles. The third-order valence-electron chi connectivity index (χ3n) is 3.32. The number of hydrogen-bond acceptors (Lipinski definition) is 1. The third-order valence-corrected chi connectivity index (χ3v) is 3.32. The van der Waals surface area contributed by atoms with Crippen LogP contribution in [0.1, 0.15) is 12.0 Å². The molecule has 0 spiro atoms. The van der Waals surface area contributed by atoms with Gasteiger partial charge in [0, 0.05) is 35.6 Å². The maximum absolute atomic E-state index is 4.17. The Labute approximate surface area is 81.9 Å². The molecule has 68 valence electrons. The van der Waals surface area contributed by atoms with E-state index in [4.69, 9.17) is 0 Å². The molecule has 2 nitrogen and oxygen atoms in total. The third kappa shape index (κ3) is 0.662. The number of fused-ring (bicyclic) bond motifs is 2. The minimum atomic E-state index is 0.846. The Balaban J connectivity index is 2.09. The zero-order chi connectivity index (χ0) is 9.28. The van der Waals surface area contributed by atoms with Crippen molar-refractivity contribution in [3.8, 4) is 0 Å². The SMILES string of the molecule is Cc1cn(C2=C3CC32)c2ccncc12. The van der Waals surface area contributed by atoms with Crippen molar-refractivity contribution in [2.45, 2.75) is 13.3 Å². The van der Waals surface area contributed by atoms with Gasteiger partial charge in [-0.15, -0.1) is 0 Å². The van der Waals surface area contributed by atoms with E-state index in [-0.39, 0.29) is 0 Å². The second-order valence-corrected chi connectivity index (χ2v) is 4.24. The monoisotopic (exact) mass is 182 g/mol. The molecule has 0 saturated heterocycles. The molecule has 0 N–H and O–H groups in total. The molecule has 0 radical (unpaired) electrons. The second kappa shape index (κ2) is 1.92. The number of nitrogens with zero attached hydrogens (tertiary/aromatic N) is 2. The average molecular weight is 182 g/mol. The molecule has 14 heavy (non-hydrogen) atoms. The highest BCUT2D eigenvalue weighted by molar-refractivity contribution is 5.93. The molecule has 2 aromatic rings. The number of aryl methyl sites for hydroxylation is 1. The topological polar surface area (TPSA) is 17.8 Å². The molecule has 1 fully saturated rings. The smallest absolute Gasteiger partial charge is 0.0559 e. The van der Waals surface area contributed by atoms with E-state index in [1.807, 2.05) is 12.4 Å². The fraction of sp³-hybridized carbons (Fsp3) is 0.250. The molecule has 0 amide bonds. The summed E-state index contributed by atoms with van der Waals surface area (Å²) in [7, 11) is 0. The lowest BCUT2D eigenvalue weighted by molar-refractivity contribution is 1.06. The van der Waals surface area contributed by atoms with Gasteiger partial charge in [-0.3, -0.25) is 4.98 Å². The van der Waals surface area contributed by atoms with Crippen LogP contribution in [0.3, 0.4) is 0 Å². The van der Waals surface area contributed by atoms with Crippen molar-refractivity contribution in [1.29, 1.82) is 0 Å². The van der Waals surface area contributed by atoms with Gasteiger partial charge in [-0.2, -0.15) is 0 Å². The summed E-state index contributed by atoms with van der Waals surface area (Å²) in [6.45, 7) is 2.15. The molecule has 2 aliphatic carbocycles. The largest absolute Gasteiger partial charge is 0.319 e. The van der Waals surface area contributed by atoms with Crippen molar-refractivity contribution >= 4 is 16.6 Å². The molecule has 2 heterocycles. The van der Waals surface area contributed by atoms with Crippen LogP contribution in [0.25, 0.3) is 16.6 Å². The maximum Gasteiger partial charge on any atom is 0.0559 e. The maximum atomic E-state index is 4.17. The summed E-state index contributed by atoms with van der Waals surface area (Å²) in [4.78, 5) is 4.17. The van der Waals surface area contributed by atoms with Crippen molar-refractivity contribution in [2.75, 3.05) is 0 Å². The molecule has 1 atom stereocenters. The highest BCUT2D eigenvalue weighted by atomic mass is 15.0. The van der Waals surface area contributed by atoms with Crippen LogP contribution in [0.5, 0.6) is 0 Å². The quantitative estimate of drug-likeness (QED) is 0.662. The van der Waals surface area contributed by atoms with Gasteiger partial charge in [0.15, 0.2) is 0 Å². The van der Waals surface area contributed by atoms with Crippen LogP contribution in [-0.2, 0) is 0 Å². The van der Waals surface area contributed by atoms with E-state index in [1.54, 1.807) is 11.3 Å². The Morgan fingerprint density at radius 1 is 1.50 bits per heavy atom. The summed E-state index contributed by atoms with van der Waals surface area (Å²) < 4.78 is 2.34. The summed E-state index contributed by atoms with van der Waals surface area (Å²) in [5.74, 6) is 0.846. The number of hydrogen-bond donors (Lipinski definition) is 0. The first-order valence-corrected chi connectivity index (χ1v) is 5.01. The number of pyridine rings is 1. The van der Waals surface area contributed by atoms with Gasteiger partial charge in [0.2, 0.25) is 0 Å². The number of allylic oxidation sites excluding steroid dienone is 2. The summed E-state index contributed by atoms with van der Waals surface area (Å²) in [5, 5.41) is 1.28. The van der Waals surface area contributed by atoms with E-state index < -0.39 is 0 Å². The van der Waals surface area contributed by atoms with Crippen LogP contribution in [0.15, 0.2) is 30.2 Å². The minimum Gasteiger partial charge on any atom is -0.319 e. The predicted octanol–water partition coefficient (Wildman–Crippen LogP) is 2.59. The second-order valence-electron chi connectivity index (χ2n) is 4.24. The van der Waals surface area contributed by atoms with E-state index >= 15 is 0 Å². The van der Waals surface area contributed by atoms with Gasteiger partial charge >= 0.3 is 0 Å². The zero-order valence-corrected chi connectivity index (χ0v) is 7.99. The fourth-order valence-electron chi connectivity index (χ4n) is 2.29. The lowest BCUT2D eigenvalue weighted by Crippen LogP contribution is -1.89. The Morgan fingerprint density at radius 2 is 2.36 bits per heavy atom. The van der Waals surface area contributed by atoms with Crippen molar-refractivity contribution < 1.29 is 0 Å². The van der Waals surface area contributed by atoms with Crippen LogP contribution in [0.2, 0.25) is 0 Å². The molecule has 1 unspecified atom stereocenters. The highest BCUT2D eigenvalue weighted by Gasteiger charge is 2.52. The molecule has 1 saturated carbocycles. The van der Waals surface area contributed by atoms with Gasteiger partial charge in [-0.05, 0) is 30.5 Å². The minimum absolute atomic E-state index is 0.846. The first kappa shape index (κ1) is 6.82. The Kier molecular flexibility index (Phi) is 0.937. The van der Waals surface area contributed by atoms with Crippen molar-refractivity contribution in [3.63, 3.8) is 0 Å². The van der Waals surface area contributed by atoms with E-state index in [2.05, 4.69) is 28.7 Å². The molecule has 2 heteroatoms. The average Bonchev–Trinajstić information content (AvgIpc) is 3.05. The standard InChI is InChI=1S/C12H10N2/c1-7-6-14(12-8-4-9(8)12)11-2-3-13-5-10(7)11/h2-3,5-6,8H,4H2,1H3. The molecule has 2 aromatic heterocycles. The van der Waals surface area contributed by atoms with Crippen molar-refractivity contribution in [3.05, 3.63) is 35.8 Å². The summed E-state index contributed by atoms with van der Waals surface area (Å²) in [6.07, 6.45) is 7.41. The van der Waals surface area contributed by atoms with Crippen LogP contribution in [0, 0.1) is 12.8 Å². The van der Waals surface area contributed by atoms with Crippen LogP contribution >= 0.6 is 0 Å². The van der Waals surface area contributed by atoms with E-state index in [0.29, 0.717) is 0 Å². The predicted molar refractivity (Wildman–Crippen MR) is 55.8 cm³/mol. The van der Waals surface area contributed by atoms with Gasteiger partial charge in [0.25, 0.3) is 0 Å². The molecule has 2 aliphatic rings. The lowest BCUT2D eigenvalue weighted by atomic mass is 10.2. The molecular formula is C12H10N2. The normalized spacial score (nSPS) is 22.8. The number of aromatic nitrogens is 2. The molecular weight excluding hydrogens is 172 g/mol. The highest BCUT2D eigenvalue weighted by Crippen LogP contribution is 2.64. The van der Waals surface area contributed by atoms with E-state index in [1.165, 1.54) is 22.9 Å². The van der Waals surface area contributed by atoms with Crippen LogP contribution in [-0.4, -0.2) is 9.55 Å². The van der Waals surface area contributed by atoms with Gasteiger partial charge in [0.05, 0.1) is 5.52 Å². The van der Waals surface area contributed by atoms with Gasteiger partial charge < -0.3 is 4.57 Å². The van der Waals surface area contributed by atoms with E-state index in [9.17, 15) is 0 Å². The first-order valence-electron chi connectivity index (χ1n) is 5.01. The van der Waals surface area contributed by atoms with Gasteiger partial charge in [-0.1, -0.05) is 0 Å². The summed E-state index contributed by atoms with van der Waals surface area (Å²) in [6, 6.07) is 2.10. The van der Waals surface area contributed by atoms with E-state index in [0.717, 1.165) is 5.92 Å². The Hall–Kier alpha value is -1.57. The zero-order valence-electron chi connectivity index (χ0n) is 7.99. The van der Waals surface area contributed by atoms with Crippen LogP contribution < -0.4 is 0 Å². The number of rotatable bonds is 1. The molecule has 0 bridgehead atoms. The molecule has 0 aliphatic heterocycles. The Morgan fingerprint density at radius 3 is 3.07 bits per heavy atom. The van der Waals surface area contributed by atoms with Crippen LogP contribution in [0.4, 0.5) is 0 Å². The van der Waals surface area contributed by atoms with Gasteiger partial charge in [-0.25, -0.2) is 0 Å². The first-order chi connectivity index (χ1) is 6.86. The fourth-order valence-corrected chi connectivity index (χ4v) is 2.29. The van der Waals surface area contributed by atoms with Crippen molar-refractivity contribution in [2.24, 2.45) is 5.92 Å².